The van der Waals surface area contributed by atoms with Crippen molar-refractivity contribution in [2.24, 2.45) is 19.8 Å². The van der Waals surface area contributed by atoms with Crippen molar-refractivity contribution in [2.75, 3.05) is 18.0 Å². The number of nitro groups is 1. The van der Waals surface area contributed by atoms with Crippen molar-refractivity contribution >= 4 is 22.8 Å². The molecule has 1 atom stereocenters. The van der Waals surface area contributed by atoms with E-state index in [0.717, 1.165) is 29.5 Å². The van der Waals surface area contributed by atoms with Crippen LogP contribution in [-0.4, -0.2) is 42.7 Å². The van der Waals surface area contributed by atoms with E-state index >= 15 is 0 Å². The second-order valence-electron chi connectivity index (χ2n) is 7.97. The minimum absolute atomic E-state index is 0.00503. The zero-order chi connectivity index (χ0) is 22.3. The van der Waals surface area contributed by atoms with Crippen molar-refractivity contribution in [3.63, 3.8) is 0 Å². The summed E-state index contributed by atoms with van der Waals surface area (Å²) >= 11 is 0. The Morgan fingerprint density at radius 1 is 1.26 bits per heavy atom. The number of hydrogen-bond acceptors (Lipinski definition) is 7. The molecule has 3 aromatic rings. The Bertz CT molecular complexity index is 1270. The fraction of sp³-hybridized carbons (Fsp3) is 0.450. The number of piperidine rings is 1. The molecule has 2 N–H and O–H groups in total. The van der Waals surface area contributed by atoms with Crippen molar-refractivity contribution in [3.8, 4) is 0 Å². The standard InChI is InChI=1S/C20H25N7O4/c1-23-17-16(18(28)24(2)20(23)29)26(19(22-17)25-9-4-6-14(21)12-25)10-8-13-5-3-7-15(11-13)27(30)31/h3,5,7,11,14H,4,6,8-10,12,21H2,1-2H3. The van der Waals surface area contributed by atoms with Gasteiger partial charge in [0.1, 0.15) is 0 Å². The number of nitrogens with two attached hydrogens (primary N) is 1. The Balaban J connectivity index is 1.82. The maximum absolute atomic E-state index is 13.0. The smallest absolute Gasteiger partial charge is 0.332 e. The molecule has 1 aliphatic heterocycles. The van der Waals surface area contributed by atoms with E-state index in [0.29, 0.717) is 36.6 Å². The van der Waals surface area contributed by atoms with Gasteiger partial charge in [-0.25, -0.2) is 4.79 Å². The van der Waals surface area contributed by atoms with Gasteiger partial charge < -0.3 is 15.2 Å². The molecule has 11 heteroatoms. The number of anilines is 1. The molecular weight excluding hydrogens is 402 g/mol. The topological polar surface area (TPSA) is 134 Å². The van der Waals surface area contributed by atoms with Gasteiger partial charge >= 0.3 is 5.69 Å². The minimum atomic E-state index is -0.442. The zero-order valence-electron chi connectivity index (χ0n) is 17.5. The highest BCUT2D eigenvalue weighted by molar-refractivity contribution is 5.74. The first kappa shape index (κ1) is 20.8. The third kappa shape index (κ3) is 3.72. The molecule has 1 aliphatic rings. The number of hydrogen-bond donors (Lipinski definition) is 1. The van der Waals surface area contributed by atoms with Crippen LogP contribution >= 0.6 is 0 Å². The van der Waals surface area contributed by atoms with Crippen LogP contribution in [0.15, 0.2) is 33.9 Å². The molecule has 31 heavy (non-hydrogen) atoms. The van der Waals surface area contributed by atoms with Crippen LogP contribution in [0.2, 0.25) is 0 Å². The molecule has 0 amide bonds. The summed E-state index contributed by atoms with van der Waals surface area (Å²) in [5.74, 6) is 0.592. The number of fused-ring (bicyclic) bond motifs is 1. The summed E-state index contributed by atoms with van der Waals surface area (Å²) in [6, 6.07) is 6.44. The highest BCUT2D eigenvalue weighted by Gasteiger charge is 2.25. The fourth-order valence-electron chi connectivity index (χ4n) is 4.15. The van der Waals surface area contributed by atoms with Gasteiger partial charge in [-0.3, -0.25) is 24.0 Å². The molecule has 1 unspecified atom stereocenters. The molecule has 0 bridgehead atoms. The first-order valence-corrected chi connectivity index (χ1v) is 10.2. The lowest BCUT2D eigenvalue weighted by Crippen LogP contribution is -2.44. The van der Waals surface area contributed by atoms with Crippen LogP contribution in [0.25, 0.3) is 11.2 Å². The summed E-state index contributed by atoms with van der Waals surface area (Å²) in [7, 11) is 3.03. The molecule has 0 saturated carbocycles. The molecule has 3 heterocycles. The summed E-state index contributed by atoms with van der Waals surface area (Å²) in [5, 5.41) is 11.1. The predicted molar refractivity (Wildman–Crippen MR) is 116 cm³/mol. The summed E-state index contributed by atoms with van der Waals surface area (Å²) in [6.07, 6.45) is 2.29. The number of nitrogens with zero attached hydrogens (tertiary/aromatic N) is 6. The first-order chi connectivity index (χ1) is 14.8. The minimum Gasteiger partial charge on any atom is -0.341 e. The highest BCUT2D eigenvalue weighted by Crippen LogP contribution is 2.24. The summed E-state index contributed by atoms with van der Waals surface area (Å²) in [6.45, 7) is 1.74. The molecule has 2 aromatic heterocycles. The van der Waals surface area contributed by atoms with Crippen LogP contribution in [0.4, 0.5) is 11.6 Å². The number of aryl methyl sites for hydroxylation is 3. The molecule has 0 radical (unpaired) electrons. The maximum atomic E-state index is 13.0. The van der Waals surface area contributed by atoms with Crippen LogP contribution in [0.5, 0.6) is 0 Å². The van der Waals surface area contributed by atoms with Gasteiger partial charge in [0.2, 0.25) is 5.95 Å². The van der Waals surface area contributed by atoms with Gasteiger partial charge in [-0.15, -0.1) is 0 Å². The van der Waals surface area contributed by atoms with E-state index in [-0.39, 0.29) is 11.7 Å². The van der Waals surface area contributed by atoms with Crippen LogP contribution in [-0.2, 0) is 27.1 Å². The lowest BCUT2D eigenvalue weighted by atomic mass is 10.1. The quantitative estimate of drug-likeness (QED) is 0.463. The Kier molecular flexibility index (Phi) is 5.36. The number of benzene rings is 1. The normalized spacial score (nSPS) is 16.7. The average Bonchev–Trinajstić information content (AvgIpc) is 3.14. The van der Waals surface area contributed by atoms with Crippen molar-refractivity contribution in [3.05, 3.63) is 60.8 Å². The van der Waals surface area contributed by atoms with Crippen molar-refractivity contribution in [1.82, 2.24) is 18.7 Å². The Morgan fingerprint density at radius 2 is 2.03 bits per heavy atom. The summed E-state index contributed by atoms with van der Waals surface area (Å²) in [4.78, 5) is 42.8. The maximum Gasteiger partial charge on any atom is 0.332 e. The Hall–Kier alpha value is -3.47. The third-order valence-electron chi connectivity index (χ3n) is 5.81. The molecule has 0 aliphatic carbocycles. The van der Waals surface area contributed by atoms with Crippen LogP contribution < -0.4 is 21.9 Å². The van der Waals surface area contributed by atoms with E-state index in [4.69, 9.17) is 5.73 Å². The summed E-state index contributed by atoms with van der Waals surface area (Å²) in [5.41, 5.74) is 6.76. The van der Waals surface area contributed by atoms with Gasteiger partial charge in [-0.1, -0.05) is 12.1 Å². The molecule has 0 spiro atoms. The molecule has 164 valence electrons. The van der Waals surface area contributed by atoms with E-state index < -0.39 is 16.2 Å². The molecular formula is C20H25N7O4. The highest BCUT2D eigenvalue weighted by atomic mass is 16.6. The van der Waals surface area contributed by atoms with Crippen molar-refractivity contribution in [2.45, 2.75) is 31.8 Å². The number of aromatic nitrogens is 4. The SMILES string of the molecule is Cn1c(=O)c2c(nc(N3CCCC(N)C3)n2CCc2cccc([N+](=O)[O-])c2)n(C)c1=O. The monoisotopic (exact) mass is 427 g/mol. The average molecular weight is 427 g/mol. The largest absolute Gasteiger partial charge is 0.341 e. The number of rotatable bonds is 5. The lowest BCUT2D eigenvalue weighted by molar-refractivity contribution is -0.384. The predicted octanol–water partition coefficient (Wildman–Crippen LogP) is 0.512. The fourth-order valence-corrected chi connectivity index (χ4v) is 4.15. The number of non-ortho nitro benzene ring substituents is 1. The Morgan fingerprint density at radius 3 is 2.74 bits per heavy atom. The molecule has 1 aromatic carbocycles. The van der Waals surface area contributed by atoms with Crippen LogP contribution in [0, 0.1) is 10.1 Å². The van der Waals surface area contributed by atoms with E-state index in [1.807, 2.05) is 15.5 Å². The lowest BCUT2D eigenvalue weighted by Gasteiger charge is -2.31. The molecule has 11 nitrogen and oxygen atoms in total. The number of imidazole rings is 1. The van der Waals surface area contributed by atoms with Crippen molar-refractivity contribution in [1.29, 1.82) is 0 Å². The van der Waals surface area contributed by atoms with Gasteiger partial charge in [0.25, 0.3) is 11.2 Å². The van der Waals surface area contributed by atoms with Crippen LogP contribution in [0.1, 0.15) is 18.4 Å². The van der Waals surface area contributed by atoms with E-state index in [2.05, 4.69) is 4.98 Å². The van der Waals surface area contributed by atoms with E-state index in [1.54, 1.807) is 13.1 Å². The summed E-state index contributed by atoms with van der Waals surface area (Å²) < 4.78 is 4.25. The second kappa shape index (κ2) is 7.99. The van der Waals surface area contributed by atoms with Crippen molar-refractivity contribution < 1.29 is 4.92 Å². The van der Waals surface area contributed by atoms with Crippen LogP contribution in [0.3, 0.4) is 0 Å². The first-order valence-electron chi connectivity index (χ1n) is 10.2. The van der Waals surface area contributed by atoms with E-state index in [9.17, 15) is 19.7 Å². The number of nitro benzene ring substituents is 1. The van der Waals surface area contributed by atoms with Gasteiger partial charge in [0.15, 0.2) is 11.2 Å². The second-order valence-corrected chi connectivity index (χ2v) is 7.97. The van der Waals surface area contributed by atoms with Gasteiger partial charge in [0.05, 0.1) is 4.92 Å². The third-order valence-corrected chi connectivity index (χ3v) is 5.81. The molecule has 1 saturated heterocycles. The van der Waals surface area contributed by atoms with Gasteiger partial charge in [-0.05, 0) is 24.8 Å². The molecule has 1 fully saturated rings. The van der Waals surface area contributed by atoms with Gasteiger partial charge in [-0.2, -0.15) is 4.98 Å². The van der Waals surface area contributed by atoms with Gasteiger partial charge in [0, 0.05) is 51.9 Å². The zero-order valence-corrected chi connectivity index (χ0v) is 17.5. The molecule has 4 rings (SSSR count). The Labute approximate surface area is 177 Å². The van der Waals surface area contributed by atoms with E-state index in [1.165, 1.54) is 23.7 Å².